The normalized spacial score (nSPS) is 10.2. The van der Waals surface area contributed by atoms with E-state index >= 15 is 0 Å². The highest BCUT2D eigenvalue weighted by Crippen LogP contribution is 2.26. The van der Waals surface area contributed by atoms with Gasteiger partial charge in [-0.05, 0) is 48.7 Å². The number of amides is 2. The van der Waals surface area contributed by atoms with Crippen LogP contribution in [0, 0.1) is 6.92 Å². The van der Waals surface area contributed by atoms with Gasteiger partial charge in [-0.3, -0.25) is 9.59 Å². The quantitative estimate of drug-likeness (QED) is 0.753. The van der Waals surface area contributed by atoms with Gasteiger partial charge in [0.15, 0.2) is 6.61 Å². The highest BCUT2D eigenvalue weighted by atomic mass is 79.9. The second kappa shape index (κ2) is 8.67. The summed E-state index contributed by atoms with van der Waals surface area (Å²) >= 11 is 3.47. The summed E-state index contributed by atoms with van der Waals surface area (Å²) in [5.74, 6) is 0.127. The molecule has 0 aromatic heterocycles. The Morgan fingerprint density at radius 3 is 2.60 bits per heavy atom. The molecule has 0 aliphatic heterocycles. The van der Waals surface area contributed by atoms with E-state index in [9.17, 15) is 9.59 Å². The molecule has 2 amide bonds. The average molecular weight is 405 g/mol. The van der Waals surface area contributed by atoms with Crippen LogP contribution in [0.4, 0.5) is 11.4 Å². The minimum atomic E-state index is -0.231. The highest BCUT2D eigenvalue weighted by molar-refractivity contribution is 9.10. The molecule has 0 heterocycles. The summed E-state index contributed by atoms with van der Waals surface area (Å²) in [7, 11) is 0. The first-order valence-electron chi connectivity index (χ1n) is 7.98. The van der Waals surface area contributed by atoms with E-state index in [4.69, 9.17) is 4.74 Å². The molecule has 0 atom stereocenters. The van der Waals surface area contributed by atoms with Gasteiger partial charge in [0.1, 0.15) is 5.75 Å². The van der Waals surface area contributed by atoms with Gasteiger partial charge in [0, 0.05) is 28.8 Å². The van der Waals surface area contributed by atoms with Crippen LogP contribution in [-0.2, 0) is 16.0 Å². The van der Waals surface area contributed by atoms with E-state index in [-0.39, 0.29) is 18.4 Å². The SMILES string of the molecule is CCc1cc(Br)cc(C)c1NC(=O)COc1cccc(NC(C)=O)c1. The number of aryl methyl sites for hydroxylation is 2. The molecule has 2 N–H and O–H groups in total. The Hall–Kier alpha value is -2.34. The molecule has 25 heavy (non-hydrogen) atoms. The predicted molar refractivity (Wildman–Crippen MR) is 103 cm³/mol. The van der Waals surface area contributed by atoms with Crippen LogP contribution in [0.1, 0.15) is 25.0 Å². The van der Waals surface area contributed by atoms with E-state index < -0.39 is 0 Å². The van der Waals surface area contributed by atoms with Gasteiger partial charge < -0.3 is 15.4 Å². The summed E-state index contributed by atoms with van der Waals surface area (Å²) in [6.45, 7) is 5.33. The molecule has 132 valence electrons. The number of benzene rings is 2. The largest absolute Gasteiger partial charge is 0.484 e. The number of rotatable bonds is 6. The van der Waals surface area contributed by atoms with Crippen molar-refractivity contribution < 1.29 is 14.3 Å². The molecule has 6 heteroatoms. The van der Waals surface area contributed by atoms with Gasteiger partial charge in [0.05, 0.1) is 0 Å². The Labute approximate surface area is 155 Å². The van der Waals surface area contributed by atoms with Crippen LogP contribution in [0.3, 0.4) is 0 Å². The maximum absolute atomic E-state index is 12.2. The fourth-order valence-electron chi connectivity index (χ4n) is 2.46. The summed E-state index contributed by atoms with van der Waals surface area (Å²) in [5, 5.41) is 5.60. The molecule has 0 fully saturated rings. The lowest BCUT2D eigenvalue weighted by atomic mass is 10.1. The van der Waals surface area contributed by atoms with E-state index in [2.05, 4.69) is 26.6 Å². The zero-order valence-corrected chi connectivity index (χ0v) is 16.1. The third-order valence-electron chi connectivity index (χ3n) is 3.55. The number of hydrogen-bond donors (Lipinski definition) is 2. The Morgan fingerprint density at radius 2 is 1.92 bits per heavy atom. The zero-order chi connectivity index (χ0) is 18.4. The molecule has 0 spiro atoms. The third kappa shape index (κ3) is 5.60. The van der Waals surface area contributed by atoms with Crippen molar-refractivity contribution in [3.63, 3.8) is 0 Å². The summed E-state index contributed by atoms with van der Waals surface area (Å²) in [6.07, 6.45) is 0.815. The van der Waals surface area contributed by atoms with Gasteiger partial charge >= 0.3 is 0 Å². The standard InChI is InChI=1S/C19H21BrN2O3/c1-4-14-9-15(20)8-12(2)19(14)22-18(24)11-25-17-7-5-6-16(10-17)21-13(3)23/h5-10H,4,11H2,1-3H3,(H,21,23)(H,22,24). The van der Waals surface area contributed by atoms with Crippen LogP contribution in [0.2, 0.25) is 0 Å². The van der Waals surface area contributed by atoms with Gasteiger partial charge in [-0.1, -0.05) is 28.9 Å². The number of nitrogens with one attached hydrogen (secondary N) is 2. The second-order valence-corrected chi connectivity index (χ2v) is 6.57. The molecular weight excluding hydrogens is 384 g/mol. The molecule has 2 aromatic rings. The van der Waals surface area contributed by atoms with Gasteiger partial charge in [0.25, 0.3) is 5.91 Å². The van der Waals surface area contributed by atoms with Crippen LogP contribution in [0.15, 0.2) is 40.9 Å². The van der Waals surface area contributed by atoms with Crippen molar-refractivity contribution in [2.75, 3.05) is 17.2 Å². The monoisotopic (exact) mass is 404 g/mol. The molecule has 0 radical (unpaired) electrons. The first-order valence-corrected chi connectivity index (χ1v) is 8.77. The molecule has 0 aliphatic carbocycles. The van der Waals surface area contributed by atoms with Crippen molar-refractivity contribution in [2.45, 2.75) is 27.2 Å². The number of ether oxygens (including phenoxy) is 1. The first kappa shape index (κ1) is 19.0. The molecule has 0 bridgehead atoms. The first-order chi connectivity index (χ1) is 11.9. The predicted octanol–water partition coefficient (Wildman–Crippen LogP) is 4.30. The molecule has 5 nitrogen and oxygen atoms in total. The molecule has 0 saturated heterocycles. The minimum Gasteiger partial charge on any atom is -0.484 e. The van der Waals surface area contributed by atoms with Crippen LogP contribution in [0.25, 0.3) is 0 Å². The second-order valence-electron chi connectivity index (χ2n) is 5.66. The molecule has 2 aromatic carbocycles. The van der Waals surface area contributed by atoms with Crippen molar-refractivity contribution in [3.05, 3.63) is 52.0 Å². The molecule has 0 aliphatic rings. The summed E-state index contributed by atoms with van der Waals surface area (Å²) < 4.78 is 6.52. The lowest BCUT2D eigenvalue weighted by molar-refractivity contribution is -0.118. The van der Waals surface area contributed by atoms with Crippen molar-refractivity contribution in [3.8, 4) is 5.75 Å². The fraction of sp³-hybridized carbons (Fsp3) is 0.263. The van der Waals surface area contributed by atoms with E-state index in [0.717, 1.165) is 27.7 Å². The molecular formula is C19H21BrN2O3. The number of halogens is 1. The fourth-order valence-corrected chi connectivity index (χ4v) is 3.08. The molecule has 0 saturated carbocycles. The van der Waals surface area contributed by atoms with Crippen molar-refractivity contribution >= 4 is 39.1 Å². The Morgan fingerprint density at radius 1 is 1.16 bits per heavy atom. The van der Waals surface area contributed by atoms with Gasteiger partial charge in [-0.25, -0.2) is 0 Å². The third-order valence-corrected chi connectivity index (χ3v) is 4.01. The van der Waals surface area contributed by atoms with Crippen molar-refractivity contribution in [1.82, 2.24) is 0 Å². The van der Waals surface area contributed by atoms with Gasteiger partial charge in [-0.15, -0.1) is 0 Å². The lowest BCUT2D eigenvalue weighted by Gasteiger charge is -2.14. The number of carbonyl (C=O) groups is 2. The maximum Gasteiger partial charge on any atom is 0.262 e. The minimum absolute atomic E-state index is 0.109. The smallest absolute Gasteiger partial charge is 0.262 e. The molecule has 0 unspecified atom stereocenters. The Balaban J connectivity index is 2.01. The number of anilines is 2. The van der Waals surface area contributed by atoms with Gasteiger partial charge in [-0.2, -0.15) is 0 Å². The molecule has 2 rings (SSSR count). The average Bonchev–Trinajstić information content (AvgIpc) is 2.55. The van der Waals surface area contributed by atoms with E-state index in [1.807, 2.05) is 26.0 Å². The Kier molecular flexibility index (Phi) is 6.58. The van der Waals surface area contributed by atoms with Crippen LogP contribution < -0.4 is 15.4 Å². The number of hydrogen-bond acceptors (Lipinski definition) is 3. The van der Waals surface area contributed by atoms with Crippen LogP contribution >= 0.6 is 15.9 Å². The van der Waals surface area contributed by atoms with E-state index in [0.29, 0.717) is 11.4 Å². The van der Waals surface area contributed by atoms with Crippen molar-refractivity contribution in [2.24, 2.45) is 0 Å². The number of carbonyl (C=O) groups excluding carboxylic acids is 2. The summed E-state index contributed by atoms with van der Waals surface area (Å²) in [6, 6.07) is 10.9. The van der Waals surface area contributed by atoms with Crippen molar-refractivity contribution in [1.29, 1.82) is 0 Å². The van der Waals surface area contributed by atoms with Gasteiger partial charge in [0.2, 0.25) is 5.91 Å². The van der Waals surface area contributed by atoms with E-state index in [1.54, 1.807) is 24.3 Å². The topological polar surface area (TPSA) is 67.4 Å². The lowest BCUT2D eigenvalue weighted by Crippen LogP contribution is -2.21. The zero-order valence-electron chi connectivity index (χ0n) is 14.5. The van der Waals surface area contributed by atoms with Crippen LogP contribution in [-0.4, -0.2) is 18.4 Å². The Bertz CT molecular complexity index is 790. The van der Waals surface area contributed by atoms with Crippen LogP contribution in [0.5, 0.6) is 5.75 Å². The highest BCUT2D eigenvalue weighted by Gasteiger charge is 2.11. The maximum atomic E-state index is 12.2. The van der Waals surface area contributed by atoms with E-state index in [1.165, 1.54) is 6.92 Å². The summed E-state index contributed by atoms with van der Waals surface area (Å²) in [5.41, 5.74) is 3.51. The summed E-state index contributed by atoms with van der Waals surface area (Å²) in [4.78, 5) is 23.3.